The van der Waals surface area contributed by atoms with E-state index in [1.165, 1.54) is 24.3 Å². The van der Waals surface area contributed by atoms with E-state index >= 15 is 0 Å². The summed E-state index contributed by atoms with van der Waals surface area (Å²) in [6.45, 7) is 1.17. The summed E-state index contributed by atoms with van der Waals surface area (Å²) in [5.74, 6) is -2.78. The molecule has 1 amide bonds. The third-order valence-electron chi connectivity index (χ3n) is 3.52. The molecule has 0 heterocycles. The van der Waals surface area contributed by atoms with Gasteiger partial charge < -0.3 is 10.1 Å². The number of nitrogens with one attached hydrogen (secondary N) is 1. The maximum atomic E-state index is 13.6. The number of sulfone groups is 1. The number of anilines is 1. The van der Waals surface area contributed by atoms with Gasteiger partial charge in [0.05, 0.1) is 22.8 Å². The number of aryl methyl sites for hydroxylation is 1. The van der Waals surface area contributed by atoms with Gasteiger partial charge >= 0.3 is 5.97 Å². The van der Waals surface area contributed by atoms with Crippen LogP contribution in [-0.2, 0) is 24.2 Å². The predicted molar refractivity (Wildman–Crippen MR) is 98.8 cm³/mol. The van der Waals surface area contributed by atoms with Crippen LogP contribution in [0, 0.1) is 12.7 Å². The van der Waals surface area contributed by atoms with Gasteiger partial charge in [-0.25, -0.2) is 12.8 Å². The van der Waals surface area contributed by atoms with Gasteiger partial charge in [0.2, 0.25) is 0 Å². The Morgan fingerprint density at radius 3 is 2.44 bits per heavy atom. The van der Waals surface area contributed by atoms with Gasteiger partial charge in [0.15, 0.2) is 16.4 Å². The minimum Gasteiger partial charge on any atom is -0.456 e. The number of carbonyl (C=O) groups excluding carboxylic acids is 2. The van der Waals surface area contributed by atoms with Crippen molar-refractivity contribution in [2.45, 2.75) is 18.2 Å². The molecule has 0 bridgehead atoms. The Morgan fingerprint density at radius 2 is 1.81 bits per heavy atom. The summed E-state index contributed by atoms with van der Waals surface area (Å²) in [7, 11) is -3.63. The van der Waals surface area contributed by atoms with Crippen LogP contribution in [0.25, 0.3) is 0 Å². The van der Waals surface area contributed by atoms with E-state index in [-0.39, 0.29) is 15.6 Å². The van der Waals surface area contributed by atoms with Crippen LogP contribution in [0.2, 0.25) is 5.02 Å². The van der Waals surface area contributed by atoms with Crippen molar-refractivity contribution in [3.63, 3.8) is 0 Å². The lowest BCUT2D eigenvalue weighted by molar-refractivity contribution is -0.146. The van der Waals surface area contributed by atoms with Gasteiger partial charge in [-0.3, -0.25) is 9.59 Å². The van der Waals surface area contributed by atoms with E-state index < -0.39 is 46.3 Å². The maximum Gasteiger partial charge on any atom is 0.307 e. The first-order valence-corrected chi connectivity index (χ1v) is 9.90. The molecule has 0 atom stereocenters. The second-order valence-corrected chi connectivity index (χ2v) is 8.26. The molecule has 9 heteroatoms. The van der Waals surface area contributed by atoms with Gasteiger partial charge in [-0.2, -0.15) is 0 Å². The highest BCUT2D eigenvalue weighted by Crippen LogP contribution is 2.18. The molecule has 2 aromatic rings. The molecule has 0 fully saturated rings. The number of amides is 1. The molecule has 0 radical (unpaired) electrons. The topological polar surface area (TPSA) is 89.5 Å². The molecule has 6 nitrogen and oxygen atoms in total. The van der Waals surface area contributed by atoms with E-state index in [2.05, 4.69) is 5.32 Å². The largest absolute Gasteiger partial charge is 0.456 e. The molecule has 0 saturated carbocycles. The highest BCUT2D eigenvalue weighted by atomic mass is 35.5. The molecular formula is C18H17ClFNO5S. The smallest absolute Gasteiger partial charge is 0.307 e. The second kappa shape index (κ2) is 8.96. The van der Waals surface area contributed by atoms with Crippen LogP contribution in [0.3, 0.4) is 0 Å². The van der Waals surface area contributed by atoms with Gasteiger partial charge in [-0.1, -0.05) is 29.3 Å². The monoisotopic (exact) mass is 413 g/mol. The lowest BCUT2D eigenvalue weighted by Crippen LogP contribution is -2.22. The van der Waals surface area contributed by atoms with Gasteiger partial charge in [0, 0.05) is 5.02 Å². The number of ether oxygens (including phenoxy) is 1. The van der Waals surface area contributed by atoms with Crippen molar-refractivity contribution in [1.29, 1.82) is 0 Å². The normalized spacial score (nSPS) is 11.1. The highest BCUT2D eigenvalue weighted by molar-refractivity contribution is 7.91. The average molecular weight is 414 g/mol. The van der Waals surface area contributed by atoms with Crippen LogP contribution in [0.5, 0.6) is 0 Å². The number of benzene rings is 2. The third-order valence-corrected chi connectivity index (χ3v) is 5.49. The zero-order valence-corrected chi connectivity index (χ0v) is 15.9. The van der Waals surface area contributed by atoms with E-state index in [1.54, 1.807) is 12.1 Å². The predicted octanol–water partition coefficient (Wildman–Crippen LogP) is 3.13. The molecule has 0 aromatic heterocycles. The second-order valence-electron chi connectivity index (χ2n) is 5.71. The van der Waals surface area contributed by atoms with Crippen molar-refractivity contribution in [3.05, 3.63) is 58.9 Å². The zero-order chi connectivity index (χ0) is 20.0. The zero-order valence-electron chi connectivity index (χ0n) is 14.4. The van der Waals surface area contributed by atoms with E-state index in [9.17, 15) is 22.4 Å². The molecule has 1 N–H and O–H groups in total. The fourth-order valence-electron chi connectivity index (χ4n) is 2.08. The molecule has 2 aromatic carbocycles. The quantitative estimate of drug-likeness (QED) is 0.704. The summed E-state index contributed by atoms with van der Waals surface area (Å²) in [6, 6.07) is 9.93. The van der Waals surface area contributed by atoms with Gasteiger partial charge in [0.25, 0.3) is 5.91 Å². The Morgan fingerprint density at radius 1 is 1.15 bits per heavy atom. The lowest BCUT2D eigenvalue weighted by atomic mass is 10.2. The number of carbonyl (C=O) groups is 2. The molecular weight excluding hydrogens is 397 g/mol. The summed E-state index contributed by atoms with van der Waals surface area (Å²) < 4.78 is 42.6. The van der Waals surface area contributed by atoms with Crippen molar-refractivity contribution in [3.8, 4) is 0 Å². The van der Waals surface area contributed by atoms with Crippen molar-refractivity contribution >= 4 is 39.0 Å². The Kier molecular flexibility index (Phi) is 6.92. The van der Waals surface area contributed by atoms with Crippen molar-refractivity contribution in [1.82, 2.24) is 0 Å². The number of halogens is 2. The van der Waals surface area contributed by atoms with Crippen molar-refractivity contribution in [2.75, 3.05) is 17.7 Å². The van der Waals surface area contributed by atoms with Crippen LogP contribution in [-0.4, -0.2) is 32.7 Å². The third kappa shape index (κ3) is 6.33. The highest BCUT2D eigenvalue weighted by Gasteiger charge is 2.18. The molecule has 0 saturated heterocycles. The van der Waals surface area contributed by atoms with Crippen LogP contribution in [0.15, 0.2) is 47.4 Å². The molecule has 0 spiro atoms. The van der Waals surface area contributed by atoms with Crippen molar-refractivity contribution < 1.29 is 27.1 Å². The molecule has 0 aliphatic rings. The summed E-state index contributed by atoms with van der Waals surface area (Å²) in [5.41, 5.74) is 0.805. The van der Waals surface area contributed by atoms with E-state index in [1.807, 2.05) is 6.92 Å². The summed E-state index contributed by atoms with van der Waals surface area (Å²) >= 11 is 5.61. The molecule has 0 unspecified atom stereocenters. The summed E-state index contributed by atoms with van der Waals surface area (Å²) in [6.07, 6.45) is -0.404. The van der Waals surface area contributed by atoms with Gasteiger partial charge in [-0.05, 0) is 37.3 Å². The molecule has 144 valence electrons. The Hall–Kier alpha value is -2.45. The number of esters is 1. The molecule has 0 aliphatic heterocycles. The standard InChI is InChI=1S/C18H17ClFNO5S/c1-12-2-5-14(6-3-12)27(24,25)9-8-18(23)26-11-17(22)21-16-7-4-13(19)10-15(16)20/h2-7,10H,8-9,11H2,1H3,(H,21,22). The fourth-order valence-corrected chi connectivity index (χ4v) is 3.46. The Bertz CT molecular complexity index is 945. The summed E-state index contributed by atoms with van der Waals surface area (Å²) in [5, 5.41) is 2.40. The first-order chi connectivity index (χ1) is 12.7. The number of hydrogen-bond donors (Lipinski definition) is 1. The van der Waals surface area contributed by atoms with E-state index in [0.29, 0.717) is 0 Å². The number of rotatable bonds is 7. The van der Waals surface area contributed by atoms with Crippen LogP contribution in [0.1, 0.15) is 12.0 Å². The maximum absolute atomic E-state index is 13.6. The number of hydrogen-bond acceptors (Lipinski definition) is 5. The SMILES string of the molecule is Cc1ccc(S(=O)(=O)CCC(=O)OCC(=O)Nc2ccc(Cl)cc2F)cc1. The summed E-state index contributed by atoms with van der Waals surface area (Å²) in [4.78, 5) is 23.5. The van der Waals surface area contributed by atoms with Gasteiger partial charge in [0.1, 0.15) is 5.82 Å². The molecule has 0 aliphatic carbocycles. The molecule has 27 heavy (non-hydrogen) atoms. The Labute approximate surface area is 161 Å². The van der Waals surface area contributed by atoms with Crippen LogP contribution < -0.4 is 5.32 Å². The van der Waals surface area contributed by atoms with E-state index in [0.717, 1.165) is 11.6 Å². The first kappa shape index (κ1) is 20.9. The minimum absolute atomic E-state index is 0.108. The van der Waals surface area contributed by atoms with E-state index in [4.69, 9.17) is 16.3 Å². The molecule has 2 rings (SSSR count). The first-order valence-electron chi connectivity index (χ1n) is 7.87. The van der Waals surface area contributed by atoms with Crippen molar-refractivity contribution in [2.24, 2.45) is 0 Å². The lowest BCUT2D eigenvalue weighted by Gasteiger charge is -2.08. The minimum atomic E-state index is -3.63. The Balaban J connectivity index is 1.81. The average Bonchev–Trinajstić information content (AvgIpc) is 2.61. The van der Waals surface area contributed by atoms with Crippen LogP contribution >= 0.6 is 11.6 Å². The van der Waals surface area contributed by atoms with Gasteiger partial charge in [-0.15, -0.1) is 0 Å². The van der Waals surface area contributed by atoms with Crippen LogP contribution in [0.4, 0.5) is 10.1 Å². The fraction of sp³-hybridized carbons (Fsp3) is 0.222.